The van der Waals surface area contributed by atoms with E-state index in [0.29, 0.717) is 24.0 Å². The molecule has 0 spiro atoms. The van der Waals surface area contributed by atoms with Crippen LogP contribution in [0.15, 0.2) is 24.4 Å². The van der Waals surface area contributed by atoms with Gasteiger partial charge in [0, 0.05) is 24.8 Å². The van der Waals surface area contributed by atoms with Gasteiger partial charge in [-0.05, 0) is 50.3 Å². The van der Waals surface area contributed by atoms with E-state index in [1.165, 1.54) is 0 Å². The molecule has 29 heavy (non-hydrogen) atoms. The number of nitrogens with one attached hydrogen (secondary N) is 3. The average Bonchev–Trinajstić information content (AvgIpc) is 3.34. The number of nitrogens with zero attached hydrogens (tertiary/aromatic N) is 3. The minimum absolute atomic E-state index is 0.0305. The molecule has 2 aromatic rings. The number of H-pyrrole nitrogens is 1. The first-order valence-corrected chi connectivity index (χ1v) is 9.88. The SMILES string of the molecule is CC(C)Cn1nccc1C(=O)Nc1cc(C2=C[C@@H](OC(=O)NC(C)C)CC2)[nH]n1. The van der Waals surface area contributed by atoms with Crippen LogP contribution in [0.4, 0.5) is 10.6 Å². The minimum atomic E-state index is -0.418. The van der Waals surface area contributed by atoms with Crippen molar-refractivity contribution < 1.29 is 14.3 Å². The zero-order valence-electron chi connectivity index (χ0n) is 17.2. The molecule has 1 aliphatic rings. The lowest BCUT2D eigenvalue weighted by Crippen LogP contribution is -2.32. The molecule has 0 fully saturated rings. The van der Waals surface area contributed by atoms with E-state index in [0.717, 1.165) is 24.1 Å². The number of anilines is 1. The Hall–Kier alpha value is -3.10. The number of aromatic nitrogens is 4. The molecule has 2 aromatic heterocycles. The molecular formula is C20H28N6O3. The van der Waals surface area contributed by atoms with E-state index in [2.05, 4.69) is 39.8 Å². The number of carbonyl (C=O) groups excluding carboxylic acids is 2. The van der Waals surface area contributed by atoms with Gasteiger partial charge in [0.2, 0.25) is 0 Å². The van der Waals surface area contributed by atoms with Gasteiger partial charge in [0.1, 0.15) is 11.8 Å². The van der Waals surface area contributed by atoms with Crippen LogP contribution in [0.3, 0.4) is 0 Å². The summed E-state index contributed by atoms with van der Waals surface area (Å²) in [5, 5.41) is 16.8. The van der Waals surface area contributed by atoms with Gasteiger partial charge < -0.3 is 15.4 Å². The summed E-state index contributed by atoms with van der Waals surface area (Å²) in [5.74, 6) is 0.559. The first kappa shape index (κ1) is 20.6. The van der Waals surface area contributed by atoms with E-state index in [1.807, 2.05) is 19.9 Å². The lowest BCUT2D eigenvalue weighted by atomic mass is 10.2. The number of ether oxygens (including phenoxy) is 1. The van der Waals surface area contributed by atoms with Gasteiger partial charge in [-0.1, -0.05) is 13.8 Å². The average molecular weight is 400 g/mol. The van der Waals surface area contributed by atoms with Crippen LogP contribution >= 0.6 is 0 Å². The van der Waals surface area contributed by atoms with Gasteiger partial charge in [-0.2, -0.15) is 10.2 Å². The third-order valence-electron chi connectivity index (χ3n) is 4.40. The monoisotopic (exact) mass is 400 g/mol. The van der Waals surface area contributed by atoms with Gasteiger partial charge in [0.25, 0.3) is 5.91 Å². The van der Waals surface area contributed by atoms with Crippen molar-refractivity contribution in [2.24, 2.45) is 5.92 Å². The Morgan fingerprint density at radius 2 is 2.14 bits per heavy atom. The van der Waals surface area contributed by atoms with Gasteiger partial charge in [0.15, 0.2) is 5.82 Å². The topological polar surface area (TPSA) is 114 Å². The maximum atomic E-state index is 12.6. The normalized spacial score (nSPS) is 16.2. The highest BCUT2D eigenvalue weighted by Crippen LogP contribution is 2.29. The maximum Gasteiger partial charge on any atom is 0.407 e. The number of rotatable bonds is 7. The molecule has 0 aromatic carbocycles. The van der Waals surface area contributed by atoms with E-state index in [-0.39, 0.29) is 18.1 Å². The number of amides is 2. The van der Waals surface area contributed by atoms with E-state index >= 15 is 0 Å². The molecule has 9 heteroatoms. The first-order valence-electron chi connectivity index (χ1n) is 9.88. The molecule has 1 atom stereocenters. The molecule has 2 heterocycles. The van der Waals surface area contributed by atoms with Gasteiger partial charge in [0.05, 0.1) is 5.69 Å². The highest BCUT2D eigenvalue weighted by atomic mass is 16.6. The summed E-state index contributed by atoms with van der Waals surface area (Å²) in [7, 11) is 0. The summed E-state index contributed by atoms with van der Waals surface area (Å²) in [4.78, 5) is 24.3. The van der Waals surface area contributed by atoms with E-state index < -0.39 is 6.09 Å². The molecule has 0 saturated carbocycles. The zero-order valence-corrected chi connectivity index (χ0v) is 17.2. The number of aromatic amines is 1. The standard InChI is InChI=1S/C20H28N6O3/c1-12(2)11-26-17(7-8-21-26)19(27)23-18-10-16(24-25-18)14-5-6-15(9-14)29-20(28)22-13(3)4/h7-10,12-13,15H,5-6,11H2,1-4H3,(H,22,28)(H2,23,24,25,27)/t15-/m0/s1. The fourth-order valence-electron chi connectivity index (χ4n) is 3.16. The highest BCUT2D eigenvalue weighted by molar-refractivity contribution is 6.02. The van der Waals surface area contributed by atoms with Crippen molar-refractivity contribution in [1.29, 1.82) is 0 Å². The van der Waals surface area contributed by atoms with Crippen LogP contribution in [-0.2, 0) is 11.3 Å². The van der Waals surface area contributed by atoms with Gasteiger partial charge in [-0.25, -0.2) is 4.79 Å². The van der Waals surface area contributed by atoms with Crippen LogP contribution in [-0.4, -0.2) is 44.1 Å². The van der Waals surface area contributed by atoms with Crippen LogP contribution in [0, 0.1) is 5.92 Å². The Bertz CT molecular complexity index is 896. The second-order valence-corrected chi connectivity index (χ2v) is 7.89. The third-order valence-corrected chi connectivity index (χ3v) is 4.40. The predicted molar refractivity (Wildman–Crippen MR) is 109 cm³/mol. The molecule has 0 radical (unpaired) electrons. The van der Waals surface area contributed by atoms with Gasteiger partial charge in [-0.15, -0.1) is 0 Å². The summed E-state index contributed by atoms with van der Waals surface area (Å²) in [6.07, 6.45) is 4.32. The van der Waals surface area contributed by atoms with Crippen LogP contribution < -0.4 is 10.6 Å². The Balaban J connectivity index is 1.61. The lowest BCUT2D eigenvalue weighted by Gasteiger charge is -2.12. The molecule has 0 saturated heterocycles. The van der Waals surface area contributed by atoms with Crippen LogP contribution in [0.5, 0.6) is 0 Å². The number of carbonyl (C=O) groups is 2. The highest BCUT2D eigenvalue weighted by Gasteiger charge is 2.22. The zero-order chi connectivity index (χ0) is 21.0. The molecule has 2 amide bonds. The van der Waals surface area contributed by atoms with Crippen molar-refractivity contribution >= 4 is 23.4 Å². The third kappa shape index (κ3) is 5.46. The van der Waals surface area contributed by atoms with Crippen molar-refractivity contribution in [1.82, 2.24) is 25.3 Å². The van der Waals surface area contributed by atoms with Crippen LogP contribution in [0.25, 0.3) is 5.57 Å². The predicted octanol–water partition coefficient (Wildman–Crippen LogP) is 3.19. The van der Waals surface area contributed by atoms with Crippen molar-refractivity contribution in [3.05, 3.63) is 35.8 Å². The van der Waals surface area contributed by atoms with Crippen molar-refractivity contribution in [2.75, 3.05) is 5.32 Å². The van der Waals surface area contributed by atoms with Crippen molar-refractivity contribution in [3.8, 4) is 0 Å². The maximum absolute atomic E-state index is 12.6. The number of hydrogen-bond donors (Lipinski definition) is 3. The molecular weight excluding hydrogens is 372 g/mol. The summed E-state index contributed by atoms with van der Waals surface area (Å²) in [5.41, 5.74) is 2.30. The second kappa shape index (κ2) is 8.93. The van der Waals surface area contributed by atoms with Crippen LogP contribution in [0.2, 0.25) is 0 Å². The Kier molecular flexibility index (Phi) is 6.36. The molecule has 0 bridgehead atoms. The molecule has 3 N–H and O–H groups in total. The lowest BCUT2D eigenvalue weighted by molar-refractivity contribution is 0.101. The smallest absolute Gasteiger partial charge is 0.407 e. The number of allylic oxidation sites excluding steroid dienone is 1. The number of hydrogen-bond acceptors (Lipinski definition) is 5. The Labute approximate surface area is 169 Å². The largest absolute Gasteiger partial charge is 0.442 e. The molecule has 156 valence electrons. The quantitative estimate of drug-likeness (QED) is 0.660. The fraction of sp³-hybridized carbons (Fsp3) is 0.500. The fourth-order valence-corrected chi connectivity index (χ4v) is 3.16. The summed E-state index contributed by atoms with van der Waals surface area (Å²) in [6.45, 7) is 8.57. The summed E-state index contributed by atoms with van der Waals surface area (Å²) in [6, 6.07) is 3.50. The molecule has 1 aliphatic carbocycles. The van der Waals surface area contributed by atoms with E-state index in [4.69, 9.17) is 4.74 Å². The second-order valence-electron chi connectivity index (χ2n) is 7.89. The molecule has 0 unspecified atom stereocenters. The number of alkyl carbamates (subject to hydrolysis) is 1. The first-order chi connectivity index (χ1) is 13.8. The molecule has 9 nitrogen and oxygen atoms in total. The molecule has 0 aliphatic heterocycles. The van der Waals surface area contributed by atoms with Crippen LogP contribution in [0.1, 0.15) is 56.7 Å². The summed E-state index contributed by atoms with van der Waals surface area (Å²) < 4.78 is 7.09. The van der Waals surface area contributed by atoms with Gasteiger partial charge >= 0.3 is 6.09 Å². The summed E-state index contributed by atoms with van der Waals surface area (Å²) >= 11 is 0. The molecule has 3 rings (SSSR count). The Morgan fingerprint density at radius 3 is 2.86 bits per heavy atom. The van der Waals surface area contributed by atoms with Crippen molar-refractivity contribution in [2.45, 2.75) is 59.2 Å². The van der Waals surface area contributed by atoms with E-state index in [9.17, 15) is 9.59 Å². The van der Waals surface area contributed by atoms with Crippen molar-refractivity contribution in [3.63, 3.8) is 0 Å². The van der Waals surface area contributed by atoms with E-state index in [1.54, 1.807) is 23.0 Å². The van der Waals surface area contributed by atoms with Gasteiger partial charge in [-0.3, -0.25) is 14.6 Å². The Morgan fingerprint density at radius 1 is 1.34 bits per heavy atom. The minimum Gasteiger partial charge on any atom is -0.442 e.